The number of aliphatic carboxylic acids is 1. The first-order chi connectivity index (χ1) is 8.16. The van der Waals surface area contributed by atoms with E-state index in [0.717, 1.165) is 25.7 Å². The fourth-order valence-corrected chi connectivity index (χ4v) is 3.02. The van der Waals surface area contributed by atoms with Crippen LogP contribution < -0.4 is 5.32 Å². The average molecular weight is 254 g/mol. The van der Waals surface area contributed by atoms with E-state index in [9.17, 15) is 4.79 Å². The molecule has 0 amide bonds. The zero-order valence-corrected chi connectivity index (χ0v) is 10.7. The van der Waals surface area contributed by atoms with Crippen molar-refractivity contribution in [2.75, 3.05) is 0 Å². The lowest BCUT2D eigenvalue weighted by atomic mass is 9.86. The second-order valence-electron chi connectivity index (χ2n) is 4.68. The van der Waals surface area contributed by atoms with Gasteiger partial charge in [0.1, 0.15) is 0 Å². The molecule has 0 bridgehead atoms. The second kappa shape index (κ2) is 5.60. The first-order valence-corrected chi connectivity index (χ1v) is 6.92. The third-order valence-electron chi connectivity index (χ3n) is 3.44. The number of carboxylic acid groups (broad SMARTS) is 1. The fourth-order valence-electron chi connectivity index (χ4n) is 2.38. The Hall–Kier alpha value is -0.940. The SMILES string of the molecule is CC(NC1CCC(C(=O)O)CC1)c1cncs1. The highest BCUT2D eigenvalue weighted by Gasteiger charge is 2.26. The third-order valence-corrected chi connectivity index (χ3v) is 4.40. The van der Waals surface area contributed by atoms with Crippen molar-refractivity contribution in [3.05, 3.63) is 16.6 Å². The summed E-state index contributed by atoms with van der Waals surface area (Å²) in [4.78, 5) is 16.2. The molecular weight excluding hydrogens is 236 g/mol. The molecule has 1 aromatic rings. The molecule has 1 aliphatic carbocycles. The Balaban J connectivity index is 1.80. The number of aromatic nitrogens is 1. The summed E-state index contributed by atoms with van der Waals surface area (Å²) in [5.41, 5.74) is 1.84. The van der Waals surface area contributed by atoms with Gasteiger partial charge in [-0.1, -0.05) is 0 Å². The van der Waals surface area contributed by atoms with Crippen LogP contribution in [0, 0.1) is 5.92 Å². The van der Waals surface area contributed by atoms with Crippen LogP contribution in [0.5, 0.6) is 0 Å². The van der Waals surface area contributed by atoms with Gasteiger partial charge in [-0.25, -0.2) is 0 Å². The lowest BCUT2D eigenvalue weighted by Gasteiger charge is -2.29. The van der Waals surface area contributed by atoms with Gasteiger partial charge in [-0.05, 0) is 32.6 Å². The highest BCUT2D eigenvalue weighted by atomic mass is 32.1. The van der Waals surface area contributed by atoms with Crippen LogP contribution in [0.1, 0.15) is 43.5 Å². The highest BCUT2D eigenvalue weighted by molar-refractivity contribution is 7.09. The molecule has 1 fully saturated rings. The van der Waals surface area contributed by atoms with Gasteiger partial charge in [-0.3, -0.25) is 9.78 Å². The molecule has 2 rings (SSSR count). The molecule has 1 aromatic heterocycles. The van der Waals surface area contributed by atoms with Crippen LogP contribution in [0.4, 0.5) is 0 Å². The summed E-state index contributed by atoms with van der Waals surface area (Å²) < 4.78 is 0. The Morgan fingerprint density at radius 3 is 2.76 bits per heavy atom. The first-order valence-electron chi connectivity index (χ1n) is 6.04. The van der Waals surface area contributed by atoms with Gasteiger partial charge in [0.05, 0.1) is 11.4 Å². The van der Waals surface area contributed by atoms with Crippen molar-refractivity contribution in [2.24, 2.45) is 5.92 Å². The van der Waals surface area contributed by atoms with Crippen LogP contribution in [0.2, 0.25) is 0 Å². The Morgan fingerprint density at radius 2 is 2.24 bits per heavy atom. The summed E-state index contributed by atoms with van der Waals surface area (Å²) in [5, 5.41) is 12.5. The van der Waals surface area contributed by atoms with Crippen LogP contribution in [0.25, 0.3) is 0 Å². The lowest BCUT2D eigenvalue weighted by molar-refractivity contribution is -0.142. The van der Waals surface area contributed by atoms with Crippen molar-refractivity contribution in [3.63, 3.8) is 0 Å². The quantitative estimate of drug-likeness (QED) is 0.866. The minimum absolute atomic E-state index is 0.133. The van der Waals surface area contributed by atoms with Gasteiger partial charge in [-0.15, -0.1) is 11.3 Å². The van der Waals surface area contributed by atoms with Crippen molar-refractivity contribution >= 4 is 17.3 Å². The zero-order valence-electron chi connectivity index (χ0n) is 9.93. The summed E-state index contributed by atoms with van der Waals surface area (Å²) in [6.45, 7) is 2.14. The highest BCUT2D eigenvalue weighted by Crippen LogP contribution is 2.26. The maximum Gasteiger partial charge on any atom is 0.306 e. The molecule has 1 aliphatic rings. The third kappa shape index (κ3) is 3.26. The summed E-state index contributed by atoms with van der Waals surface area (Å²) in [6.07, 6.45) is 5.40. The van der Waals surface area contributed by atoms with Gasteiger partial charge >= 0.3 is 5.97 Å². The Labute approximate surface area is 105 Å². The van der Waals surface area contributed by atoms with Crippen LogP contribution in [-0.2, 0) is 4.79 Å². The second-order valence-corrected chi connectivity index (χ2v) is 5.60. The average Bonchev–Trinajstić information content (AvgIpc) is 2.83. The molecule has 0 aliphatic heterocycles. The molecule has 0 saturated heterocycles. The molecule has 5 heteroatoms. The number of hydrogen-bond donors (Lipinski definition) is 2. The molecule has 0 radical (unpaired) electrons. The van der Waals surface area contributed by atoms with Crippen LogP contribution in [0.15, 0.2) is 11.7 Å². The molecule has 2 N–H and O–H groups in total. The molecular formula is C12H18N2O2S. The molecule has 1 atom stereocenters. The standard InChI is InChI=1S/C12H18N2O2S/c1-8(11-6-13-7-17-11)14-10-4-2-9(3-5-10)12(15)16/h6-10,14H,2-5H2,1H3,(H,15,16). The van der Waals surface area contributed by atoms with Gasteiger partial charge in [0.25, 0.3) is 0 Å². The van der Waals surface area contributed by atoms with E-state index >= 15 is 0 Å². The molecule has 94 valence electrons. The van der Waals surface area contributed by atoms with Crippen molar-refractivity contribution in [3.8, 4) is 0 Å². The number of nitrogens with one attached hydrogen (secondary N) is 1. The Kier molecular flexibility index (Phi) is 4.12. The van der Waals surface area contributed by atoms with Gasteiger partial charge in [0.15, 0.2) is 0 Å². The van der Waals surface area contributed by atoms with E-state index in [4.69, 9.17) is 5.11 Å². The van der Waals surface area contributed by atoms with Crippen molar-refractivity contribution in [2.45, 2.75) is 44.7 Å². The number of rotatable bonds is 4. The number of nitrogens with zero attached hydrogens (tertiary/aromatic N) is 1. The summed E-state index contributed by atoms with van der Waals surface area (Å²) in [7, 11) is 0. The van der Waals surface area contributed by atoms with Crippen LogP contribution in [-0.4, -0.2) is 22.1 Å². The summed E-state index contributed by atoms with van der Waals surface area (Å²) >= 11 is 1.66. The van der Waals surface area contributed by atoms with Gasteiger partial charge in [0.2, 0.25) is 0 Å². The van der Waals surface area contributed by atoms with E-state index < -0.39 is 5.97 Å². The molecule has 1 saturated carbocycles. The van der Waals surface area contributed by atoms with Crippen LogP contribution >= 0.6 is 11.3 Å². The Morgan fingerprint density at radius 1 is 1.53 bits per heavy atom. The normalized spacial score (nSPS) is 26.6. The maximum atomic E-state index is 10.8. The minimum Gasteiger partial charge on any atom is -0.481 e. The predicted octanol–water partition coefficient (Wildman–Crippen LogP) is 2.44. The van der Waals surface area contributed by atoms with Crippen molar-refractivity contribution in [1.82, 2.24) is 10.3 Å². The topological polar surface area (TPSA) is 62.2 Å². The number of hydrogen-bond acceptors (Lipinski definition) is 4. The molecule has 17 heavy (non-hydrogen) atoms. The van der Waals surface area contributed by atoms with E-state index in [1.165, 1.54) is 4.88 Å². The Bertz CT molecular complexity index is 359. The van der Waals surface area contributed by atoms with Gasteiger partial charge in [0, 0.05) is 23.2 Å². The van der Waals surface area contributed by atoms with Gasteiger partial charge in [-0.2, -0.15) is 0 Å². The predicted molar refractivity (Wildman–Crippen MR) is 67.0 cm³/mol. The largest absolute Gasteiger partial charge is 0.481 e. The number of carbonyl (C=O) groups is 1. The number of carboxylic acids is 1. The van der Waals surface area contributed by atoms with Crippen LogP contribution in [0.3, 0.4) is 0 Å². The smallest absolute Gasteiger partial charge is 0.306 e. The van der Waals surface area contributed by atoms with Crippen molar-refractivity contribution in [1.29, 1.82) is 0 Å². The van der Waals surface area contributed by atoms with Crippen molar-refractivity contribution < 1.29 is 9.90 Å². The molecule has 0 aromatic carbocycles. The molecule has 1 heterocycles. The zero-order chi connectivity index (χ0) is 12.3. The monoisotopic (exact) mass is 254 g/mol. The fraction of sp³-hybridized carbons (Fsp3) is 0.667. The first kappa shape index (κ1) is 12.5. The molecule has 1 unspecified atom stereocenters. The van der Waals surface area contributed by atoms with E-state index in [-0.39, 0.29) is 5.92 Å². The van der Waals surface area contributed by atoms with E-state index in [1.807, 2.05) is 11.7 Å². The summed E-state index contributed by atoms with van der Waals surface area (Å²) in [5.74, 6) is -0.772. The number of thiazole rings is 1. The minimum atomic E-state index is -0.640. The summed E-state index contributed by atoms with van der Waals surface area (Å²) in [6, 6.07) is 0.761. The van der Waals surface area contributed by atoms with Gasteiger partial charge < -0.3 is 10.4 Å². The molecule has 4 nitrogen and oxygen atoms in total. The van der Waals surface area contributed by atoms with E-state index in [2.05, 4.69) is 17.2 Å². The molecule has 0 spiro atoms. The van der Waals surface area contributed by atoms with E-state index in [1.54, 1.807) is 11.3 Å². The maximum absolute atomic E-state index is 10.8. The lowest BCUT2D eigenvalue weighted by Crippen LogP contribution is -2.36. The van der Waals surface area contributed by atoms with E-state index in [0.29, 0.717) is 12.1 Å².